The molecule has 1 aromatic rings. The summed E-state index contributed by atoms with van der Waals surface area (Å²) in [6, 6.07) is 8.06. The molecule has 1 unspecified atom stereocenters. The Balaban J connectivity index is 3.05. The van der Waals surface area contributed by atoms with Crippen LogP contribution in [0.1, 0.15) is 26.3 Å². The zero-order valence-electron chi connectivity index (χ0n) is 15.6. The Morgan fingerprint density at radius 1 is 1.09 bits per heavy atom. The number of ether oxygens (including phenoxy) is 3. The Hall–Kier alpha value is -0.883. The van der Waals surface area contributed by atoms with Crippen molar-refractivity contribution in [2.75, 3.05) is 21.0 Å². The second-order valence-electron chi connectivity index (χ2n) is 7.10. The molecule has 0 radical (unpaired) electrons. The van der Waals surface area contributed by atoms with Gasteiger partial charge in [0.15, 0.2) is 9.04 Å². The van der Waals surface area contributed by atoms with E-state index in [1.165, 1.54) is 0 Å². The highest BCUT2D eigenvalue weighted by atomic mass is 28.3. The number of hydrogen-bond acceptors (Lipinski definition) is 4. The first-order valence-corrected chi connectivity index (χ1v) is 11.0. The summed E-state index contributed by atoms with van der Waals surface area (Å²) in [7, 11) is 2.14. The van der Waals surface area contributed by atoms with Crippen molar-refractivity contribution >= 4 is 9.04 Å². The van der Waals surface area contributed by atoms with Gasteiger partial charge < -0.3 is 18.6 Å². The highest BCUT2D eigenvalue weighted by molar-refractivity contribution is 6.48. The molecule has 1 aromatic carbocycles. The van der Waals surface area contributed by atoms with Gasteiger partial charge in [0.1, 0.15) is 12.5 Å². The van der Waals surface area contributed by atoms with Crippen molar-refractivity contribution in [2.45, 2.75) is 52.5 Å². The fraction of sp³-hybridized carbons (Fsp3) is 0.667. The van der Waals surface area contributed by atoms with Crippen LogP contribution in [0.25, 0.3) is 0 Å². The van der Waals surface area contributed by atoms with Crippen LogP contribution < -0.4 is 4.74 Å². The molecule has 0 saturated heterocycles. The van der Waals surface area contributed by atoms with Gasteiger partial charge in [-0.15, -0.1) is 0 Å². The predicted octanol–water partition coefficient (Wildman–Crippen LogP) is 3.64. The standard InChI is InChI=1S/C18H32O4Si/c1-18(2,3)17(22-23(6)7)16(21-13-19-4)12-14-10-8-9-11-15(14)20-5/h8-11,16-17,23H,12-13H2,1-7H3/t16?,17-/m0/s1. The lowest BCUT2D eigenvalue weighted by atomic mass is 9.84. The lowest BCUT2D eigenvalue weighted by Crippen LogP contribution is -2.45. The zero-order chi connectivity index (χ0) is 17.5. The van der Waals surface area contributed by atoms with Crippen molar-refractivity contribution in [3.05, 3.63) is 29.8 Å². The molecule has 0 aromatic heterocycles. The van der Waals surface area contributed by atoms with E-state index in [0.29, 0.717) is 0 Å². The van der Waals surface area contributed by atoms with Gasteiger partial charge >= 0.3 is 0 Å². The highest BCUT2D eigenvalue weighted by Crippen LogP contribution is 2.30. The lowest BCUT2D eigenvalue weighted by molar-refractivity contribution is -0.128. The normalized spacial score (nSPS) is 14.8. The summed E-state index contributed by atoms with van der Waals surface area (Å²) >= 11 is 0. The summed E-state index contributed by atoms with van der Waals surface area (Å²) in [5.74, 6) is 0.882. The van der Waals surface area contributed by atoms with Crippen molar-refractivity contribution in [2.24, 2.45) is 5.41 Å². The highest BCUT2D eigenvalue weighted by Gasteiger charge is 2.35. The monoisotopic (exact) mass is 340 g/mol. The SMILES string of the molecule is COCOC(Cc1ccccc1OC)[C@H](O[SiH](C)C)C(C)(C)C. The largest absolute Gasteiger partial charge is 0.496 e. The average molecular weight is 341 g/mol. The van der Waals surface area contributed by atoms with E-state index >= 15 is 0 Å². The summed E-state index contributed by atoms with van der Waals surface area (Å²) in [6.07, 6.45) is 0.659. The molecule has 0 aliphatic carbocycles. The Morgan fingerprint density at radius 3 is 2.26 bits per heavy atom. The summed E-state index contributed by atoms with van der Waals surface area (Å²) < 4.78 is 23.0. The van der Waals surface area contributed by atoms with Crippen LogP contribution in [0.2, 0.25) is 13.1 Å². The summed E-state index contributed by atoms with van der Waals surface area (Å²) in [5, 5.41) is 0. The number of benzene rings is 1. The van der Waals surface area contributed by atoms with E-state index in [1.807, 2.05) is 18.2 Å². The van der Waals surface area contributed by atoms with Crippen LogP contribution in [-0.4, -0.2) is 42.3 Å². The molecule has 1 rings (SSSR count). The van der Waals surface area contributed by atoms with Crippen molar-refractivity contribution in [1.82, 2.24) is 0 Å². The van der Waals surface area contributed by atoms with E-state index in [-0.39, 0.29) is 24.4 Å². The van der Waals surface area contributed by atoms with Gasteiger partial charge in [0.25, 0.3) is 0 Å². The third-order valence-electron chi connectivity index (χ3n) is 3.62. The molecule has 0 saturated carbocycles. The third-order valence-corrected chi connectivity index (χ3v) is 4.46. The van der Waals surface area contributed by atoms with Gasteiger partial charge in [-0.3, -0.25) is 0 Å². The molecule has 0 aliphatic heterocycles. The quantitative estimate of drug-likeness (QED) is 0.508. The van der Waals surface area contributed by atoms with Crippen molar-refractivity contribution in [3.63, 3.8) is 0 Å². The number of methoxy groups -OCH3 is 2. The molecule has 2 atom stereocenters. The van der Waals surface area contributed by atoms with E-state index in [0.717, 1.165) is 17.7 Å². The molecule has 0 fully saturated rings. The smallest absolute Gasteiger partial charge is 0.171 e. The minimum atomic E-state index is -1.20. The topological polar surface area (TPSA) is 36.9 Å². The van der Waals surface area contributed by atoms with Crippen molar-refractivity contribution in [3.8, 4) is 5.75 Å². The van der Waals surface area contributed by atoms with Crippen LogP contribution in [0.4, 0.5) is 0 Å². The second-order valence-corrected chi connectivity index (χ2v) is 9.47. The minimum Gasteiger partial charge on any atom is -0.496 e. The summed E-state index contributed by atoms with van der Waals surface area (Å²) in [4.78, 5) is 0. The molecule has 0 bridgehead atoms. The molecule has 5 heteroatoms. The maximum atomic E-state index is 6.34. The first-order valence-electron chi connectivity index (χ1n) is 8.17. The Morgan fingerprint density at radius 2 is 1.74 bits per heavy atom. The van der Waals surface area contributed by atoms with E-state index in [4.69, 9.17) is 18.6 Å². The van der Waals surface area contributed by atoms with E-state index in [1.54, 1.807) is 14.2 Å². The van der Waals surface area contributed by atoms with Gasteiger partial charge in [-0.25, -0.2) is 0 Å². The van der Waals surface area contributed by atoms with Crippen LogP contribution in [0, 0.1) is 5.41 Å². The van der Waals surface area contributed by atoms with Crippen LogP contribution >= 0.6 is 0 Å². The zero-order valence-corrected chi connectivity index (χ0v) is 16.7. The lowest BCUT2D eigenvalue weighted by Gasteiger charge is -2.38. The Labute approximate surface area is 142 Å². The van der Waals surface area contributed by atoms with Crippen LogP contribution in [0.3, 0.4) is 0 Å². The van der Waals surface area contributed by atoms with Crippen molar-refractivity contribution in [1.29, 1.82) is 0 Å². The first kappa shape index (κ1) is 20.2. The fourth-order valence-corrected chi connectivity index (χ4v) is 3.81. The van der Waals surface area contributed by atoms with Crippen LogP contribution in [0.5, 0.6) is 5.75 Å². The minimum absolute atomic E-state index is 0.00855. The number of rotatable bonds is 9. The van der Waals surface area contributed by atoms with Crippen LogP contribution in [-0.2, 0) is 20.3 Å². The predicted molar refractivity (Wildman–Crippen MR) is 96.7 cm³/mol. The maximum Gasteiger partial charge on any atom is 0.171 e. The Bertz CT molecular complexity index is 457. The molecule has 0 amide bonds. The maximum absolute atomic E-state index is 6.34. The second kappa shape index (κ2) is 9.42. The molecule has 0 spiro atoms. The van der Waals surface area contributed by atoms with Gasteiger partial charge in [-0.05, 0) is 30.1 Å². The number of hydrogen-bond donors (Lipinski definition) is 0. The van der Waals surface area contributed by atoms with Gasteiger partial charge in [-0.1, -0.05) is 39.0 Å². The van der Waals surface area contributed by atoms with E-state index in [9.17, 15) is 0 Å². The fourth-order valence-electron chi connectivity index (χ4n) is 2.64. The van der Waals surface area contributed by atoms with E-state index in [2.05, 4.69) is 39.9 Å². The third kappa shape index (κ3) is 6.63. The van der Waals surface area contributed by atoms with Gasteiger partial charge in [-0.2, -0.15) is 0 Å². The summed E-state index contributed by atoms with van der Waals surface area (Å²) in [6.45, 7) is 11.2. The molecular weight excluding hydrogens is 308 g/mol. The van der Waals surface area contributed by atoms with Gasteiger partial charge in [0, 0.05) is 13.5 Å². The van der Waals surface area contributed by atoms with Gasteiger partial charge in [0.2, 0.25) is 0 Å². The molecule has 0 aliphatic rings. The molecule has 0 heterocycles. The van der Waals surface area contributed by atoms with E-state index < -0.39 is 9.04 Å². The first-order chi connectivity index (χ1) is 10.8. The average Bonchev–Trinajstić information content (AvgIpc) is 2.48. The van der Waals surface area contributed by atoms with Gasteiger partial charge in [0.05, 0.1) is 19.3 Å². The molecule has 23 heavy (non-hydrogen) atoms. The van der Waals surface area contributed by atoms with Crippen molar-refractivity contribution < 1.29 is 18.6 Å². The van der Waals surface area contributed by atoms with Crippen LogP contribution in [0.15, 0.2) is 24.3 Å². The molecule has 132 valence electrons. The molecule has 4 nitrogen and oxygen atoms in total. The Kier molecular flexibility index (Phi) is 8.26. The number of para-hydroxylation sites is 1. The molecule has 0 N–H and O–H groups in total. The molecular formula is C18H32O4Si. The summed E-state index contributed by atoms with van der Waals surface area (Å²) in [5.41, 5.74) is 1.11.